The van der Waals surface area contributed by atoms with Gasteiger partial charge in [0.15, 0.2) is 0 Å². The van der Waals surface area contributed by atoms with Crippen molar-refractivity contribution in [1.82, 2.24) is 24.5 Å². The third-order valence-electron chi connectivity index (χ3n) is 3.33. The molecule has 2 heterocycles. The average molecular weight is 282 g/mol. The Hall–Kier alpha value is -2.63. The van der Waals surface area contributed by atoms with Crippen LogP contribution in [-0.2, 0) is 13.6 Å². The number of benzene rings is 1. The molecule has 0 spiro atoms. The van der Waals surface area contributed by atoms with Crippen molar-refractivity contribution < 1.29 is 0 Å². The zero-order chi connectivity index (χ0) is 14.7. The summed E-state index contributed by atoms with van der Waals surface area (Å²) in [6.07, 6.45) is 7.49. The fraction of sp³-hybridized carbons (Fsp3) is 0.267. The Bertz CT molecular complexity index is 683. The van der Waals surface area contributed by atoms with E-state index in [-0.39, 0.29) is 6.04 Å². The molecule has 1 unspecified atom stereocenters. The zero-order valence-corrected chi connectivity index (χ0v) is 12.1. The van der Waals surface area contributed by atoms with E-state index in [0.29, 0.717) is 0 Å². The monoisotopic (exact) mass is 282 g/mol. The van der Waals surface area contributed by atoms with Gasteiger partial charge in [-0.05, 0) is 24.6 Å². The van der Waals surface area contributed by atoms with E-state index in [1.807, 2.05) is 30.3 Å². The van der Waals surface area contributed by atoms with E-state index in [1.54, 1.807) is 10.9 Å². The van der Waals surface area contributed by atoms with Crippen molar-refractivity contribution in [3.63, 3.8) is 0 Å². The van der Waals surface area contributed by atoms with Crippen LogP contribution in [-0.4, -0.2) is 24.5 Å². The molecule has 0 aliphatic heterocycles. The largest absolute Gasteiger partial charge is 0.377 e. The van der Waals surface area contributed by atoms with Gasteiger partial charge in [-0.2, -0.15) is 0 Å². The van der Waals surface area contributed by atoms with E-state index in [2.05, 4.69) is 51.8 Å². The number of nitrogens with zero attached hydrogens (tertiary/aromatic N) is 5. The number of imidazole rings is 1. The van der Waals surface area contributed by atoms with E-state index in [1.165, 1.54) is 5.56 Å². The summed E-state index contributed by atoms with van der Waals surface area (Å²) in [5, 5.41) is 11.5. The lowest BCUT2D eigenvalue weighted by atomic mass is 10.2. The SMILES string of the molecule is CC(Nc1ccc(Cn2ccnc2)cc1)c1cn(C)nn1. The maximum Gasteiger partial charge on any atom is 0.105 e. The lowest BCUT2D eigenvalue weighted by molar-refractivity contribution is 0.711. The molecule has 0 radical (unpaired) electrons. The Balaban J connectivity index is 1.64. The van der Waals surface area contributed by atoms with E-state index < -0.39 is 0 Å². The molecule has 0 fully saturated rings. The number of aryl methyl sites for hydroxylation is 1. The van der Waals surface area contributed by atoms with E-state index in [4.69, 9.17) is 0 Å². The molecule has 0 saturated heterocycles. The smallest absolute Gasteiger partial charge is 0.105 e. The summed E-state index contributed by atoms with van der Waals surface area (Å²) in [6, 6.07) is 8.52. The normalized spacial score (nSPS) is 12.3. The summed E-state index contributed by atoms with van der Waals surface area (Å²) in [7, 11) is 1.87. The lowest BCUT2D eigenvalue weighted by Crippen LogP contribution is -2.07. The van der Waals surface area contributed by atoms with Crippen LogP contribution in [0, 0.1) is 0 Å². The first-order valence-electron chi connectivity index (χ1n) is 6.88. The van der Waals surface area contributed by atoms with Gasteiger partial charge in [0.25, 0.3) is 0 Å². The molecule has 3 rings (SSSR count). The summed E-state index contributed by atoms with van der Waals surface area (Å²) in [4.78, 5) is 4.05. The number of rotatable bonds is 5. The second kappa shape index (κ2) is 5.78. The van der Waals surface area contributed by atoms with Crippen LogP contribution in [0.25, 0.3) is 0 Å². The first kappa shape index (κ1) is 13.4. The third-order valence-corrected chi connectivity index (χ3v) is 3.33. The summed E-state index contributed by atoms with van der Waals surface area (Å²) in [6.45, 7) is 2.91. The molecule has 0 bridgehead atoms. The van der Waals surface area contributed by atoms with E-state index >= 15 is 0 Å². The Kier molecular flexibility index (Phi) is 3.68. The molecular weight excluding hydrogens is 264 g/mol. The number of nitrogens with one attached hydrogen (secondary N) is 1. The van der Waals surface area contributed by atoms with Crippen molar-refractivity contribution in [3.05, 3.63) is 60.4 Å². The van der Waals surface area contributed by atoms with Gasteiger partial charge in [0, 0.05) is 31.7 Å². The van der Waals surface area contributed by atoms with Crippen LogP contribution >= 0.6 is 0 Å². The average Bonchev–Trinajstić information content (AvgIpc) is 3.12. The Labute approximate surface area is 123 Å². The van der Waals surface area contributed by atoms with Crippen molar-refractivity contribution >= 4 is 5.69 Å². The molecule has 0 aliphatic carbocycles. The molecule has 6 heteroatoms. The second-order valence-corrected chi connectivity index (χ2v) is 5.12. The van der Waals surface area contributed by atoms with Gasteiger partial charge in [-0.25, -0.2) is 4.98 Å². The second-order valence-electron chi connectivity index (χ2n) is 5.12. The number of hydrogen-bond acceptors (Lipinski definition) is 4. The first-order chi connectivity index (χ1) is 10.2. The highest BCUT2D eigenvalue weighted by molar-refractivity contribution is 5.46. The molecule has 6 nitrogen and oxygen atoms in total. The molecule has 0 amide bonds. The summed E-state index contributed by atoms with van der Waals surface area (Å²) >= 11 is 0. The van der Waals surface area contributed by atoms with Crippen LogP contribution in [0.2, 0.25) is 0 Å². The highest BCUT2D eigenvalue weighted by Crippen LogP contribution is 2.18. The maximum absolute atomic E-state index is 4.12. The van der Waals surface area contributed by atoms with Crippen LogP contribution < -0.4 is 5.32 Å². The number of aromatic nitrogens is 5. The van der Waals surface area contributed by atoms with Gasteiger partial charge in [0.1, 0.15) is 5.69 Å². The van der Waals surface area contributed by atoms with Gasteiger partial charge >= 0.3 is 0 Å². The molecule has 0 aliphatic rings. The van der Waals surface area contributed by atoms with Gasteiger partial charge in [-0.15, -0.1) is 5.10 Å². The molecule has 1 aromatic carbocycles. The van der Waals surface area contributed by atoms with Crippen molar-refractivity contribution in [2.75, 3.05) is 5.32 Å². The van der Waals surface area contributed by atoms with Crippen molar-refractivity contribution in [2.24, 2.45) is 7.05 Å². The standard InChI is InChI=1S/C15H18N6/c1-12(15-10-20(2)19-18-15)17-14-5-3-13(4-6-14)9-21-8-7-16-11-21/h3-8,10-12,17H,9H2,1-2H3. The van der Waals surface area contributed by atoms with Crippen LogP contribution in [0.15, 0.2) is 49.2 Å². The summed E-state index contributed by atoms with van der Waals surface area (Å²) in [5.74, 6) is 0. The molecule has 2 aromatic heterocycles. The minimum Gasteiger partial charge on any atom is -0.377 e. The quantitative estimate of drug-likeness (QED) is 0.779. The summed E-state index contributed by atoms with van der Waals surface area (Å²) in [5.41, 5.74) is 3.24. The van der Waals surface area contributed by atoms with Crippen LogP contribution in [0.3, 0.4) is 0 Å². The van der Waals surface area contributed by atoms with E-state index in [0.717, 1.165) is 17.9 Å². The lowest BCUT2D eigenvalue weighted by Gasteiger charge is -2.13. The minimum absolute atomic E-state index is 0.123. The maximum atomic E-state index is 4.12. The van der Waals surface area contributed by atoms with Crippen LogP contribution in [0.1, 0.15) is 24.2 Å². The predicted octanol–water partition coefficient (Wildman–Crippen LogP) is 2.23. The molecule has 108 valence electrons. The highest BCUT2D eigenvalue weighted by Gasteiger charge is 2.08. The minimum atomic E-state index is 0.123. The third kappa shape index (κ3) is 3.28. The van der Waals surface area contributed by atoms with Crippen molar-refractivity contribution in [1.29, 1.82) is 0 Å². The van der Waals surface area contributed by atoms with Gasteiger partial charge in [-0.1, -0.05) is 17.3 Å². The molecule has 1 N–H and O–H groups in total. The highest BCUT2D eigenvalue weighted by atomic mass is 15.4. The van der Waals surface area contributed by atoms with Gasteiger partial charge in [0.05, 0.1) is 18.6 Å². The molecular formula is C15H18N6. The first-order valence-corrected chi connectivity index (χ1v) is 6.88. The fourth-order valence-corrected chi connectivity index (χ4v) is 2.19. The van der Waals surface area contributed by atoms with Crippen molar-refractivity contribution in [3.8, 4) is 0 Å². The van der Waals surface area contributed by atoms with Crippen molar-refractivity contribution in [2.45, 2.75) is 19.5 Å². The Morgan fingerprint density at radius 2 is 2.05 bits per heavy atom. The molecule has 0 saturated carbocycles. The summed E-state index contributed by atoms with van der Waals surface area (Å²) < 4.78 is 3.76. The zero-order valence-electron chi connectivity index (χ0n) is 12.1. The Morgan fingerprint density at radius 3 is 2.67 bits per heavy atom. The molecule has 1 atom stereocenters. The topological polar surface area (TPSA) is 60.6 Å². The fourth-order valence-electron chi connectivity index (χ4n) is 2.19. The number of anilines is 1. The molecule has 3 aromatic rings. The van der Waals surface area contributed by atoms with Gasteiger partial charge < -0.3 is 9.88 Å². The van der Waals surface area contributed by atoms with Gasteiger partial charge in [-0.3, -0.25) is 4.68 Å². The van der Waals surface area contributed by atoms with Gasteiger partial charge in [0.2, 0.25) is 0 Å². The van der Waals surface area contributed by atoms with Crippen LogP contribution in [0.5, 0.6) is 0 Å². The Morgan fingerprint density at radius 1 is 1.24 bits per heavy atom. The molecule has 21 heavy (non-hydrogen) atoms. The van der Waals surface area contributed by atoms with E-state index in [9.17, 15) is 0 Å². The van der Waals surface area contributed by atoms with Crippen LogP contribution in [0.4, 0.5) is 5.69 Å². The number of hydrogen-bond donors (Lipinski definition) is 1. The predicted molar refractivity (Wildman–Crippen MR) is 80.8 cm³/mol.